The number of carbonyl (C=O) groups excluding carboxylic acids is 1. The molecule has 0 bridgehead atoms. The third-order valence-corrected chi connectivity index (χ3v) is 3.68. The van der Waals surface area contributed by atoms with Gasteiger partial charge in [0, 0.05) is 6.04 Å². The molecule has 106 valence electrons. The zero-order chi connectivity index (χ0) is 13.2. The standard InChI is InChI=1S/C14H28N2O2/c15-10-4-8-13(16)9-5-11-18-14(17)12-6-2-1-3-7-12/h12-13H,1-11,15-16H2. The number of esters is 1. The van der Waals surface area contributed by atoms with Crippen LogP contribution in [0.4, 0.5) is 0 Å². The van der Waals surface area contributed by atoms with Crippen LogP contribution < -0.4 is 11.5 Å². The van der Waals surface area contributed by atoms with Crippen molar-refractivity contribution in [2.75, 3.05) is 13.2 Å². The lowest BCUT2D eigenvalue weighted by Crippen LogP contribution is -2.23. The molecule has 0 aromatic heterocycles. The van der Waals surface area contributed by atoms with E-state index >= 15 is 0 Å². The molecule has 0 aromatic carbocycles. The Bertz CT molecular complexity index is 228. The fraction of sp³-hybridized carbons (Fsp3) is 0.929. The first kappa shape index (κ1) is 15.4. The van der Waals surface area contributed by atoms with Crippen molar-refractivity contribution in [3.05, 3.63) is 0 Å². The molecule has 18 heavy (non-hydrogen) atoms. The maximum atomic E-state index is 11.7. The van der Waals surface area contributed by atoms with Gasteiger partial charge in [-0.2, -0.15) is 0 Å². The zero-order valence-electron chi connectivity index (χ0n) is 11.4. The Balaban J connectivity index is 2.01. The molecule has 4 nitrogen and oxygen atoms in total. The average Bonchev–Trinajstić information content (AvgIpc) is 2.42. The van der Waals surface area contributed by atoms with E-state index in [0.717, 1.165) is 38.5 Å². The Morgan fingerprint density at radius 2 is 1.83 bits per heavy atom. The number of nitrogens with two attached hydrogens (primary N) is 2. The van der Waals surface area contributed by atoms with Crippen LogP contribution >= 0.6 is 0 Å². The predicted molar refractivity (Wildman–Crippen MR) is 73.0 cm³/mol. The van der Waals surface area contributed by atoms with Gasteiger partial charge in [0.25, 0.3) is 0 Å². The molecule has 1 aliphatic rings. The van der Waals surface area contributed by atoms with Crippen molar-refractivity contribution in [2.45, 2.75) is 63.8 Å². The van der Waals surface area contributed by atoms with Crippen molar-refractivity contribution in [3.63, 3.8) is 0 Å². The van der Waals surface area contributed by atoms with Crippen molar-refractivity contribution in [2.24, 2.45) is 17.4 Å². The number of hydrogen-bond acceptors (Lipinski definition) is 4. The highest BCUT2D eigenvalue weighted by molar-refractivity contribution is 5.72. The maximum Gasteiger partial charge on any atom is 0.308 e. The van der Waals surface area contributed by atoms with Crippen LogP contribution in [-0.2, 0) is 9.53 Å². The van der Waals surface area contributed by atoms with Crippen LogP contribution in [-0.4, -0.2) is 25.2 Å². The number of ether oxygens (including phenoxy) is 1. The summed E-state index contributed by atoms with van der Waals surface area (Å²) in [6, 6.07) is 0.196. The van der Waals surface area contributed by atoms with Gasteiger partial charge in [0.2, 0.25) is 0 Å². The Morgan fingerprint density at radius 3 is 2.50 bits per heavy atom. The van der Waals surface area contributed by atoms with Crippen molar-refractivity contribution in [1.29, 1.82) is 0 Å². The summed E-state index contributed by atoms with van der Waals surface area (Å²) in [6.07, 6.45) is 9.34. The Hall–Kier alpha value is -0.610. The highest BCUT2D eigenvalue weighted by Crippen LogP contribution is 2.24. The second-order valence-electron chi connectivity index (χ2n) is 5.34. The molecule has 4 heteroatoms. The topological polar surface area (TPSA) is 78.3 Å². The molecule has 1 saturated carbocycles. The third kappa shape index (κ3) is 6.36. The molecule has 0 spiro atoms. The quantitative estimate of drug-likeness (QED) is 0.514. The van der Waals surface area contributed by atoms with Gasteiger partial charge in [-0.3, -0.25) is 4.79 Å². The van der Waals surface area contributed by atoms with Gasteiger partial charge < -0.3 is 16.2 Å². The minimum absolute atomic E-state index is 0.00484. The molecule has 1 aliphatic carbocycles. The molecule has 1 unspecified atom stereocenters. The summed E-state index contributed by atoms with van der Waals surface area (Å²) in [5.41, 5.74) is 11.4. The first-order valence-electron chi connectivity index (χ1n) is 7.36. The van der Waals surface area contributed by atoms with Gasteiger partial charge in [-0.25, -0.2) is 0 Å². The van der Waals surface area contributed by atoms with E-state index in [1.54, 1.807) is 0 Å². The van der Waals surface area contributed by atoms with Gasteiger partial charge in [0.15, 0.2) is 0 Å². The number of hydrogen-bond donors (Lipinski definition) is 2. The van der Waals surface area contributed by atoms with Gasteiger partial charge in [0.05, 0.1) is 12.5 Å². The summed E-state index contributed by atoms with van der Waals surface area (Å²) in [4.78, 5) is 11.7. The molecule has 0 radical (unpaired) electrons. The van der Waals surface area contributed by atoms with Gasteiger partial charge in [0.1, 0.15) is 0 Å². The van der Waals surface area contributed by atoms with E-state index in [9.17, 15) is 4.79 Å². The van der Waals surface area contributed by atoms with Crippen molar-refractivity contribution < 1.29 is 9.53 Å². The van der Waals surface area contributed by atoms with Crippen molar-refractivity contribution in [1.82, 2.24) is 0 Å². The van der Waals surface area contributed by atoms with Crippen LogP contribution in [0, 0.1) is 5.92 Å². The lowest BCUT2D eigenvalue weighted by atomic mass is 9.89. The molecule has 0 saturated heterocycles. The number of rotatable bonds is 8. The van der Waals surface area contributed by atoms with E-state index in [0.29, 0.717) is 13.2 Å². The lowest BCUT2D eigenvalue weighted by molar-refractivity contribution is -0.149. The smallest absolute Gasteiger partial charge is 0.308 e. The van der Waals surface area contributed by atoms with E-state index in [-0.39, 0.29) is 17.9 Å². The van der Waals surface area contributed by atoms with Crippen LogP contribution in [0.2, 0.25) is 0 Å². The SMILES string of the molecule is NCCCC(N)CCCOC(=O)C1CCCCC1. The maximum absolute atomic E-state index is 11.7. The molecule has 0 heterocycles. The Kier molecular flexibility index (Phi) is 8.01. The first-order valence-corrected chi connectivity index (χ1v) is 7.36. The zero-order valence-corrected chi connectivity index (χ0v) is 11.4. The van der Waals surface area contributed by atoms with E-state index in [1.807, 2.05) is 0 Å². The van der Waals surface area contributed by atoms with Crippen LogP contribution in [0.15, 0.2) is 0 Å². The highest BCUT2D eigenvalue weighted by atomic mass is 16.5. The summed E-state index contributed by atoms with van der Waals surface area (Å²) in [5, 5.41) is 0. The Morgan fingerprint density at radius 1 is 1.17 bits per heavy atom. The second-order valence-corrected chi connectivity index (χ2v) is 5.34. The van der Waals surface area contributed by atoms with Crippen LogP contribution in [0.5, 0.6) is 0 Å². The van der Waals surface area contributed by atoms with Gasteiger partial charge in [-0.05, 0) is 45.1 Å². The lowest BCUT2D eigenvalue weighted by Gasteiger charge is -2.20. The summed E-state index contributed by atoms with van der Waals surface area (Å²) in [6.45, 7) is 1.22. The van der Waals surface area contributed by atoms with Crippen molar-refractivity contribution >= 4 is 5.97 Å². The summed E-state index contributed by atoms with van der Waals surface area (Å²) < 4.78 is 5.32. The normalized spacial score (nSPS) is 18.6. The fourth-order valence-corrected chi connectivity index (χ4v) is 2.50. The van der Waals surface area contributed by atoms with Gasteiger partial charge >= 0.3 is 5.97 Å². The second kappa shape index (κ2) is 9.34. The molecular formula is C14H28N2O2. The minimum Gasteiger partial charge on any atom is -0.465 e. The van der Waals surface area contributed by atoms with Crippen LogP contribution in [0.1, 0.15) is 57.8 Å². The van der Waals surface area contributed by atoms with E-state index < -0.39 is 0 Å². The molecule has 0 aliphatic heterocycles. The largest absolute Gasteiger partial charge is 0.465 e. The molecular weight excluding hydrogens is 228 g/mol. The van der Waals surface area contributed by atoms with E-state index in [2.05, 4.69) is 0 Å². The van der Waals surface area contributed by atoms with Gasteiger partial charge in [-0.1, -0.05) is 19.3 Å². The Labute approximate surface area is 110 Å². The van der Waals surface area contributed by atoms with Crippen LogP contribution in [0.3, 0.4) is 0 Å². The first-order chi connectivity index (χ1) is 8.74. The van der Waals surface area contributed by atoms with Crippen LogP contribution in [0.25, 0.3) is 0 Å². The molecule has 1 atom stereocenters. The molecule has 1 fully saturated rings. The number of carbonyl (C=O) groups is 1. The third-order valence-electron chi connectivity index (χ3n) is 3.68. The monoisotopic (exact) mass is 256 g/mol. The minimum atomic E-state index is 0.00484. The molecule has 4 N–H and O–H groups in total. The summed E-state index contributed by atoms with van der Waals surface area (Å²) >= 11 is 0. The average molecular weight is 256 g/mol. The molecule has 0 aromatic rings. The van der Waals surface area contributed by atoms with Gasteiger partial charge in [-0.15, -0.1) is 0 Å². The summed E-state index contributed by atoms with van der Waals surface area (Å²) in [5.74, 6) is 0.162. The fourth-order valence-electron chi connectivity index (χ4n) is 2.50. The molecule has 1 rings (SSSR count). The summed E-state index contributed by atoms with van der Waals surface area (Å²) in [7, 11) is 0. The highest BCUT2D eigenvalue weighted by Gasteiger charge is 2.22. The predicted octanol–water partition coefficient (Wildman–Crippen LogP) is 1.96. The van der Waals surface area contributed by atoms with Crippen molar-refractivity contribution in [3.8, 4) is 0 Å². The molecule has 0 amide bonds. The van der Waals surface area contributed by atoms with E-state index in [4.69, 9.17) is 16.2 Å². The van der Waals surface area contributed by atoms with E-state index in [1.165, 1.54) is 19.3 Å².